The lowest BCUT2D eigenvalue weighted by molar-refractivity contribution is -0.157. The number of likely N-dealkylation sites (tertiary alicyclic amines) is 1. The molecule has 1 rings (SSSR count). The maximum atomic E-state index is 11.7. The Morgan fingerprint density at radius 3 is 2.67 bits per heavy atom. The topological polar surface area (TPSA) is 49.8 Å². The standard InChI is InChI=1S/C11H21NO3/c1-4-9(10(13)15-5-2)11(14)6-7-12(3)8-11/h9,14H,4-8H2,1-3H3. The normalized spacial score (nSPS) is 29.1. The number of rotatable bonds is 4. The van der Waals surface area contributed by atoms with Gasteiger partial charge in [0, 0.05) is 13.1 Å². The monoisotopic (exact) mass is 215 g/mol. The van der Waals surface area contributed by atoms with Crippen molar-refractivity contribution in [2.45, 2.75) is 32.3 Å². The van der Waals surface area contributed by atoms with Gasteiger partial charge in [-0.1, -0.05) is 6.92 Å². The quantitative estimate of drug-likeness (QED) is 0.699. The van der Waals surface area contributed by atoms with Gasteiger partial charge in [-0.25, -0.2) is 0 Å². The SMILES string of the molecule is CCOC(=O)C(CC)C1(O)CCN(C)C1. The average Bonchev–Trinajstić information content (AvgIpc) is 2.48. The minimum atomic E-state index is -0.893. The van der Waals surface area contributed by atoms with Crippen LogP contribution in [0.1, 0.15) is 26.7 Å². The van der Waals surface area contributed by atoms with Crippen molar-refractivity contribution in [2.24, 2.45) is 5.92 Å². The Hall–Kier alpha value is -0.610. The fourth-order valence-corrected chi connectivity index (χ4v) is 2.30. The van der Waals surface area contributed by atoms with E-state index < -0.39 is 5.60 Å². The molecule has 1 fully saturated rings. The van der Waals surface area contributed by atoms with Gasteiger partial charge in [0.1, 0.15) is 0 Å². The summed E-state index contributed by atoms with van der Waals surface area (Å²) in [6.07, 6.45) is 1.28. The lowest BCUT2D eigenvalue weighted by atomic mass is 9.84. The van der Waals surface area contributed by atoms with E-state index in [1.54, 1.807) is 6.92 Å². The zero-order valence-electron chi connectivity index (χ0n) is 9.82. The van der Waals surface area contributed by atoms with Gasteiger partial charge in [0.05, 0.1) is 18.1 Å². The van der Waals surface area contributed by atoms with Gasteiger partial charge < -0.3 is 14.7 Å². The fourth-order valence-electron chi connectivity index (χ4n) is 2.30. The summed E-state index contributed by atoms with van der Waals surface area (Å²) in [4.78, 5) is 13.7. The van der Waals surface area contributed by atoms with E-state index in [-0.39, 0.29) is 11.9 Å². The molecule has 0 radical (unpaired) electrons. The summed E-state index contributed by atoms with van der Waals surface area (Å²) in [7, 11) is 1.95. The summed E-state index contributed by atoms with van der Waals surface area (Å²) >= 11 is 0. The highest BCUT2D eigenvalue weighted by molar-refractivity contribution is 5.74. The first kappa shape index (κ1) is 12.5. The fraction of sp³-hybridized carbons (Fsp3) is 0.909. The molecule has 88 valence electrons. The largest absolute Gasteiger partial charge is 0.466 e. The summed E-state index contributed by atoms with van der Waals surface area (Å²) in [5.41, 5.74) is -0.893. The Bertz CT molecular complexity index is 232. The Morgan fingerprint density at radius 2 is 2.27 bits per heavy atom. The third-order valence-corrected chi connectivity index (χ3v) is 3.10. The van der Waals surface area contributed by atoms with E-state index in [4.69, 9.17) is 4.74 Å². The molecule has 15 heavy (non-hydrogen) atoms. The molecule has 1 heterocycles. The second-order valence-corrected chi connectivity index (χ2v) is 4.30. The summed E-state index contributed by atoms with van der Waals surface area (Å²) in [6.45, 7) is 5.48. The van der Waals surface area contributed by atoms with Crippen LogP contribution >= 0.6 is 0 Å². The smallest absolute Gasteiger partial charge is 0.311 e. The molecule has 0 aromatic heterocycles. The molecular formula is C11H21NO3. The minimum Gasteiger partial charge on any atom is -0.466 e. The molecule has 1 N–H and O–H groups in total. The molecule has 0 spiro atoms. The molecule has 0 aromatic rings. The number of carbonyl (C=O) groups excluding carboxylic acids is 1. The first-order chi connectivity index (χ1) is 7.03. The van der Waals surface area contributed by atoms with E-state index in [1.165, 1.54) is 0 Å². The highest BCUT2D eigenvalue weighted by Crippen LogP contribution is 2.31. The number of carbonyl (C=O) groups is 1. The van der Waals surface area contributed by atoms with Gasteiger partial charge in [-0.15, -0.1) is 0 Å². The second-order valence-electron chi connectivity index (χ2n) is 4.30. The van der Waals surface area contributed by atoms with Gasteiger partial charge in [0.15, 0.2) is 0 Å². The van der Waals surface area contributed by atoms with Crippen LogP contribution < -0.4 is 0 Å². The highest BCUT2D eigenvalue weighted by atomic mass is 16.5. The zero-order chi connectivity index (χ0) is 11.5. The Kier molecular flexibility index (Phi) is 4.11. The molecule has 0 amide bonds. The van der Waals surface area contributed by atoms with Gasteiger partial charge in [0.25, 0.3) is 0 Å². The number of likely N-dealkylation sites (N-methyl/N-ethyl adjacent to an activating group) is 1. The Labute approximate surface area is 91.2 Å². The van der Waals surface area contributed by atoms with Crippen LogP contribution in [0.15, 0.2) is 0 Å². The summed E-state index contributed by atoms with van der Waals surface area (Å²) in [5, 5.41) is 10.4. The van der Waals surface area contributed by atoms with Crippen LogP contribution in [-0.4, -0.2) is 48.3 Å². The van der Waals surface area contributed by atoms with Gasteiger partial charge in [-0.3, -0.25) is 4.79 Å². The van der Waals surface area contributed by atoms with Crippen molar-refractivity contribution in [3.63, 3.8) is 0 Å². The molecular weight excluding hydrogens is 194 g/mol. The maximum absolute atomic E-state index is 11.7. The molecule has 2 atom stereocenters. The van der Waals surface area contributed by atoms with Crippen LogP contribution in [-0.2, 0) is 9.53 Å². The van der Waals surface area contributed by atoms with Crippen LogP contribution in [0.2, 0.25) is 0 Å². The zero-order valence-corrected chi connectivity index (χ0v) is 9.82. The molecule has 1 aliphatic heterocycles. The van der Waals surface area contributed by atoms with E-state index in [9.17, 15) is 9.90 Å². The van der Waals surface area contributed by atoms with Gasteiger partial charge in [-0.05, 0) is 26.8 Å². The molecule has 4 heteroatoms. The van der Waals surface area contributed by atoms with Gasteiger partial charge in [-0.2, -0.15) is 0 Å². The highest BCUT2D eigenvalue weighted by Gasteiger charge is 2.45. The van der Waals surface area contributed by atoms with Gasteiger partial charge >= 0.3 is 5.97 Å². The van der Waals surface area contributed by atoms with Crippen molar-refractivity contribution in [2.75, 3.05) is 26.7 Å². The van der Waals surface area contributed by atoms with Crippen molar-refractivity contribution in [1.82, 2.24) is 4.90 Å². The average molecular weight is 215 g/mol. The molecule has 0 aromatic carbocycles. The molecule has 4 nitrogen and oxygen atoms in total. The number of ether oxygens (including phenoxy) is 1. The Balaban J connectivity index is 2.69. The Morgan fingerprint density at radius 1 is 1.60 bits per heavy atom. The van der Waals surface area contributed by atoms with Crippen LogP contribution in [0.4, 0.5) is 0 Å². The number of β-amino-alcohol motifs (C(OH)–C–C–N with tert-alkyl or cyclic N) is 1. The molecule has 0 bridgehead atoms. The van der Waals surface area contributed by atoms with E-state index in [2.05, 4.69) is 0 Å². The molecule has 1 saturated heterocycles. The lowest BCUT2D eigenvalue weighted by Gasteiger charge is -2.29. The lowest BCUT2D eigenvalue weighted by Crippen LogP contribution is -2.44. The second kappa shape index (κ2) is 4.94. The number of hydrogen-bond donors (Lipinski definition) is 1. The van der Waals surface area contributed by atoms with E-state index in [0.29, 0.717) is 26.0 Å². The first-order valence-corrected chi connectivity index (χ1v) is 5.61. The number of esters is 1. The summed E-state index contributed by atoms with van der Waals surface area (Å²) in [6, 6.07) is 0. The van der Waals surface area contributed by atoms with Crippen molar-refractivity contribution >= 4 is 5.97 Å². The number of nitrogens with zero attached hydrogens (tertiary/aromatic N) is 1. The first-order valence-electron chi connectivity index (χ1n) is 5.61. The predicted molar refractivity (Wildman–Crippen MR) is 57.5 cm³/mol. The summed E-state index contributed by atoms with van der Waals surface area (Å²) in [5.74, 6) is -0.653. The van der Waals surface area contributed by atoms with Crippen molar-refractivity contribution in [3.05, 3.63) is 0 Å². The predicted octanol–water partition coefficient (Wildman–Crippen LogP) is 0.642. The van der Waals surface area contributed by atoms with Crippen LogP contribution in [0, 0.1) is 5.92 Å². The molecule has 0 saturated carbocycles. The van der Waals surface area contributed by atoms with E-state index in [0.717, 1.165) is 6.54 Å². The van der Waals surface area contributed by atoms with Crippen molar-refractivity contribution in [3.8, 4) is 0 Å². The maximum Gasteiger partial charge on any atom is 0.311 e. The number of aliphatic hydroxyl groups is 1. The third kappa shape index (κ3) is 2.69. The van der Waals surface area contributed by atoms with Crippen LogP contribution in [0.3, 0.4) is 0 Å². The molecule has 0 aliphatic carbocycles. The van der Waals surface area contributed by atoms with E-state index in [1.807, 2.05) is 18.9 Å². The van der Waals surface area contributed by atoms with Gasteiger partial charge in [0.2, 0.25) is 0 Å². The van der Waals surface area contributed by atoms with Crippen molar-refractivity contribution in [1.29, 1.82) is 0 Å². The third-order valence-electron chi connectivity index (χ3n) is 3.10. The molecule has 2 unspecified atom stereocenters. The number of hydrogen-bond acceptors (Lipinski definition) is 4. The molecule has 1 aliphatic rings. The van der Waals surface area contributed by atoms with Crippen LogP contribution in [0.25, 0.3) is 0 Å². The van der Waals surface area contributed by atoms with Crippen molar-refractivity contribution < 1.29 is 14.6 Å². The van der Waals surface area contributed by atoms with Crippen LogP contribution in [0.5, 0.6) is 0 Å². The minimum absolute atomic E-state index is 0.266. The van der Waals surface area contributed by atoms with E-state index >= 15 is 0 Å². The summed E-state index contributed by atoms with van der Waals surface area (Å²) < 4.78 is 4.99.